The normalized spacial score (nSPS) is 13.2. The Bertz CT molecular complexity index is 731. The highest BCUT2D eigenvalue weighted by Crippen LogP contribution is 2.26. The second-order valence-corrected chi connectivity index (χ2v) is 7.87. The fourth-order valence-electron chi connectivity index (χ4n) is 3.21. The van der Waals surface area contributed by atoms with Gasteiger partial charge in [0.05, 0.1) is 6.61 Å². The number of aryl methyl sites for hydroxylation is 1. The predicted octanol–water partition coefficient (Wildman–Crippen LogP) is 6.10. The molecule has 0 saturated carbocycles. The van der Waals surface area contributed by atoms with Crippen LogP contribution in [0.5, 0.6) is 5.75 Å². The Balaban J connectivity index is 2.18. The number of unbranched alkanes of at least 4 members (excludes halogenated alkanes) is 1. The molecular weight excluding hydrogens is 348 g/mol. The lowest BCUT2D eigenvalue weighted by molar-refractivity contribution is -0.160. The van der Waals surface area contributed by atoms with Gasteiger partial charge in [0.2, 0.25) is 5.60 Å². The number of esters is 1. The summed E-state index contributed by atoms with van der Waals surface area (Å²) < 4.78 is 11.5. The molecule has 2 rings (SSSR count). The van der Waals surface area contributed by atoms with Gasteiger partial charge < -0.3 is 9.47 Å². The molecule has 2 aromatic rings. The molecule has 0 heterocycles. The van der Waals surface area contributed by atoms with E-state index in [1.165, 1.54) is 24.0 Å². The summed E-state index contributed by atoms with van der Waals surface area (Å²) in [6.07, 6.45) is 3.93. The summed E-state index contributed by atoms with van der Waals surface area (Å²) in [5.74, 6) is 0.800. The SMILES string of the molecule is CCCCc1ccc(CC(C)(Oc2ccc(C(C)C)cc2)C(=O)OCC)cc1. The van der Waals surface area contributed by atoms with E-state index in [2.05, 4.69) is 45.0 Å². The van der Waals surface area contributed by atoms with Gasteiger partial charge in [0.25, 0.3) is 0 Å². The van der Waals surface area contributed by atoms with Crippen molar-refractivity contribution in [3.05, 3.63) is 65.2 Å². The van der Waals surface area contributed by atoms with Crippen molar-refractivity contribution in [2.24, 2.45) is 0 Å². The average Bonchev–Trinajstić information content (AvgIpc) is 2.68. The monoisotopic (exact) mass is 382 g/mol. The van der Waals surface area contributed by atoms with E-state index in [9.17, 15) is 4.79 Å². The highest BCUT2D eigenvalue weighted by Gasteiger charge is 2.37. The Kier molecular flexibility index (Phi) is 8.10. The van der Waals surface area contributed by atoms with Gasteiger partial charge in [-0.1, -0.05) is 63.6 Å². The van der Waals surface area contributed by atoms with Gasteiger partial charge in [-0.25, -0.2) is 4.79 Å². The number of ether oxygens (including phenoxy) is 2. The second-order valence-electron chi connectivity index (χ2n) is 7.87. The van der Waals surface area contributed by atoms with Crippen LogP contribution in [0.25, 0.3) is 0 Å². The molecule has 0 saturated heterocycles. The molecular formula is C25H34O3. The molecule has 0 N–H and O–H groups in total. The number of carbonyl (C=O) groups is 1. The van der Waals surface area contributed by atoms with Crippen molar-refractivity contribution in [1.82, 2.24) is 0 Å². The van der Waals surface area contributed by atoms with E-state index >= 15 is 0 Å². The largest absolute Gasteiger partial charge is 0.476 e. The van der Waals surface area contributed by atoms with Gasteiger partial charge in [0, 0.05) is 6.42 Å². The topological polar surface area (TPSA) is 35.5 Å². The van der Waals surface area contributed by atoms with Crippen LogP contribution >= 0.6 is 0 Å². The number of hydrogen-bond acceptors (Lipinski definition) is 3. The Hall–Kier alpha value is -2.29. The lowest BCUT2D eigenvalue weighted by atomic mass is 9.94. The third kappa shape index (κ3) is 6.12. The van der Waals surface area contributed by atoms with Crippen LogP contribution in [-0.2, 0) is 22.4 Å². The first-order valence-corrected chi connectivity index (χ1v) is 10.4. The molecule has 0 aliphatic rings. The van der Waals surface area contributed by atoms with Gasteiger partial charge in [-0.05, 0) is 61.4 Å². The molecule has 3 nitrogen and oxygen atoms in total. The maximum absolute atomic E-state index is 12.7. The molecule has 1 atom stereocenters. The first-order valence-electron chi connectivity index (χ1n) is 10.4. The fourth-order valence-corrected chi connectivity index (χ4v) is 3.21. The molecule has 1 unspecified atom stereocenters. The van der Waals surface area contributed by atoms with Crippen LogP contribution in [-0.4, -0.2) is 18.2 Å². The Labute approximate surface area is 170 Å². The molecule has 0 aliphatic heterocycles. The van der Waals surface area contributed by atoms with E-state index in [1.54, 1.807) is 0 Å². The van der Waals surface area contributed by atoms with Crippen molar-refractivity contribution in [3.8, 4) is 5.75 Å². The predicted molar refractivity (Wildman–Crippen MR) is 115 cm³/mol. The zero-order valence-electron chi connectivity index (χ0n) is 18.0. The molecule has 2 aromatic carbocycles. The number of benzene rings is 2. The molecule has 0 radical (unpaired) electrons. The lowest BCUT2D eigenvalue weighted by Crippen LogP contribution is -2.45. The standard InChI is InChI=1S/C25H34O3/c1-6-8-9-20-10-12-21(13-11-20)18-25(5,24(26)27-7-2)28-23-16-14-22(15-17-23)19(3)4/h10-17,19H,6-9,18H2,1-5H3. The summed E-state index contributed by atoms with van der Waals surface area (Å²) in [5, 5.41) is 0. The highest BCUT2D eigenvalue weighted by atomic mass is 16.6. The average molecular weight is 383 g/mol. The van der Waals surface area contributed by atoms with Gasteiger partial charge in [0.1, 0.15) is 5.75 Å². The zero-order chi connectivity index (χ0) is 20.6. The smallest absolute Gasteiger partial charge is 0.350 e. The third-order valence-electron chi connectivity index (χ3n) is 4.98. The van der Waals surface area contributed by atoms with Crippen LogP contribution in [0.1, 0.15) is 70.1 Å². The van der Waals surface area contributed by atoms with Crippen LogP contribution in [0, 0.1) is 0 Å². The van der Waals surface area contributed by atoms with Gasteiger partial charge >= 0.3 is 5.97 Å². The van der Waals surface area contributed by atoms with E-state index in [0.29, 0.717) is 24.7 Å². The third-order valence-corrected chi connectivity index (χ3v) is 4.98. The molecule has 28 heavy (non-hydrogen) atoms. The van der Waals surface area contributed by atoms with Gasteiger partial charge in [-0.3, -0.25) is 0 Å². The van der Waals surface area contributed by atoms with E-state index in [-0.39, 0.29) is 5.97 Å². The summed E-state index contributed by atoms with van der Waals surface area (Å²) in [5.41, 5.74) is 2.57. The molecule has 0 amide bonds. The minimum atomic E-state index is -1.07. The van der Waals surface area contributed by atoms with Crippen LogP contribution < -0.4 is 4.74 Å². The summed E-state index contributed by atoms with van der Waals surface area (Å²) in [4.78, 5) is 12.7. The molecule has 0 aliphatic carbocycles. The van der Waals surface area contributed by atoms with Crippen LogP contribution in [0.2, 0.25) is 0 Å². The van der Waals surface area contributed by atoms with E-state index in [0.717, 1.165) is 12.0 Å². The van der Waals surface area contributed by atoms with Crippen molar-refractivity contribution in [3.63, 3.8) is 0 Å². The summed E-state index contributed by atoms with van der Waals surface area (Å²) >= 11 is 0. The van der Waals surface area contributed by atoms with Crippen molar-refractivity contribution in [2.45, 2.75) is 71.8 Å². The molecule has 152 valence electrons. The Morgan fingerprint density at radius 1 is 0.964 bits per heavy atom. The molecule has 0 fully saturated rings. The molecule has 3 heteroatoms. The maximum Gasteiger partial charge on any atom is 0.350 e. The molecule has 0 bridgehead atoms. The first-order chi connectivity index (χ1) is 13.4. The van der Waals surface area contributed by atoms with Crippen LogP contribution in [0.15, 0.2) is 48.5 Å². The van der Waals surface area contributed by atoms with Crippen molar-refractivity contribution >= 4 is 5.97 Å². The highest BCUT2D eigenvalue weighted by molar-refractivity contribution is 5.80. The van der Waals surface area contributed by atoms with Crippen molar-refractivity contribution in [1.29, 1.82) is 0 Å². The van der Waals surface area contributed by atoms with Crippen LogP contribution in [0.4, 0.5) is 0 Å². The van der Waals surface area contributed by atoms with E-state index in [4.69, 9.17) is 9.47 Å². The van der Waals surface area contributed by atoms with Gasteiger partial charge in [-0.2, -0.15) is 0 Å². The molecule has 0 spiro atoms. The van der Waals surface area contributed by atoms with Crippen molar-refractivity contribution < 1.29 is 14.3 Å². The number of rotatable bonds is 10. The van der Waals surface area contributed by atoms with E-state index in [1.807, 2.05) is 38.1 Å². The van der Waals surface area contributed by atoms with Gasteiger partial charge in [-0.15, -0.1) is 0 Å². The summed E-state index contributed by atoms with van der Waals surface area (Å²) in [7, 11) is 0. The first kappa shape index (κ1) is 22.0. The maximum atomic E-state index is 12.7. The lowest BCUT2D eigenvalue weighted by Gasteiger charge is -2.29. The summed E-state index contributed by atoms with van der Waals surface area (Å²) in [6, 6.07) is 16.4. The summed E-state index contributed by atoms with van der Waals surface area (Å²) in [6.45, 7) is 10.5. The zero-order valence-corrected chi connectivity index (χ0v) is 18.0. The van der Waals surface area contributed by atoms with E-state index < -0.39 is 5.60 Å². The van der Waals surface area contributed by atoms with Crippen molar-refractivity contribution in [2.75, 3.05) is 6.61 Å². The van der Waals surface area contributed by atoms with Crippen LogP contribution in [0.3, 0.4) is 0 Å². The molecule has 0 aromatic heterocycles. The second kappa shape index (κ2) is 10.3. The Morgan fingerprint density at radius 2 is 1.57 bits per heavy atom. The Morgan fingerprint density at radius 3 is 2.11 bits per heavy atom. The van der Waals surface area contributed by atoms with Gasteiger partial charge in [0.15, 0.2) is 0 Å². The number of carbonyl (C=O) groups excluding carboxylic acids is 1. The minimum Gasteiger partial charge on any atom is -0.476 e. The number of hydrogen-bond donors (Lipinski definition) is 0. The fraction of sp³-hybridized carbons (Fsp3) is 0.480. The quantitative estimate of drug-likeness (QED) is 0.466. The minimum absolute atomic E-state index is 0.333.